The zero-order valence-corrected chi connectivity index (χ0v) is 11.5. The molecule has 4 heteroatoms. The van der Waals surface area contributed by atoms with Crippen LogP contribution in [0.5, 0.6) is 0 Å². The number of piperidine rings is 3. The lowest BCUT2D eigenvalue weighted by Gasteiger charge is -2.45. The quantitative estimate of drug-likeness (QED) is 0.854. The molecule has 0 saturated carbocycles. The maximum Gasteiger partial charge on any atom is 0.0965 e. The molecule has 18 heavy (non-hydrogen) atoms. The Bertz CT molecular complexity index is 489. The van der Waals surface area contributed by atoms with E-state index in [9.17, 15) is 5.11 Å². The van der Waals surface area contributed by atoms with E-state index < -0.39 is 0 Å². The van der Waals surface area contributed by atoms with Crippen molar-refractivity contribution < 1.29 is 5.11 Å². The third-order valence-corrected chi connectivity index (χ3v) is 4.65. The van der Waals surface area contributed by atoms with Gasteiger partial charge >= 0.3 is 0 Å². The maximum atomic E-state index is 10.3. The molecule has 96 valence electrons. The van der Waals surface area contributed by atoms with Crippen molar-refractivity contribution in [2.24, 2.45) is 5.92 Å². The maximum absolute atomic E-state index is 10.3. The van der Waals surface area contributed by atoms with Crippen molar-refractivity contribution >= 4 is 29.3 Å². The first-order valence-corrected chi connectivity index (χ1v) is 7.00. The summed E-state index contributed by atoms with van der Waals surface area (Å²) in [4.78, 5) is 2.27. The van der Waals surface area contributed by atoms with Crippen LogP contribution in [0.3, 0.4) is 0 Å². The third kappa shape index (κ3) is 2.13. The fraction of sp³-hybridized carbons (Fsp3) is 0.429. The fourth-order valence-electron chi connectivity index (χ4n) is 2.85. The van der Waals surface area contributed by atoms with E-state index in [0.717, 1.165) is 37.2 Å². The number of fused-ring (bicyclic) bond motifs is 3. The van der Waals surface area contributed by atoms with Gasteiger partial charge in [0, 0.05) is 18.8 Å². The average molecular weight is 284 g/mol. The van der Waals surface area contributed by atoms with E-state index in [1.165, 1.54) is 0 Å². The molecular formula is C14H15Cl2NO. The summed E-state index contributed by atoms with van der Waals surface area (Å²) in [5, 5.41) is 11.4. The highest BCUT2D eigenvalue weighted by Gasteiger charge is 2.36. The molecule has 0 amide bonds. The van der Waals surface area contributed by atoms with Crippen molar-refractivity contribution in [2.45, 2.75) is 18.9 Å². The first-order chi connectivity index (χ1) is 8.65. The van der Waals surface area contributed by atoms with Crippen LogP contribution in [0, 0.1) is 5.92 Å². The lowest BCUT2D eigenvalue weighted by molar-refractivity contribution is 0.0215. The Hall–Kier alpha value is -0.700. The molecular weight excluding hydrogens is 269 g/mol. The van der Waals surface area contributed by atoms with Gasteiger partial charge in [0.1, 0.15) is 0 Å². The van der Waals surface area contributed by atoms with Crippen molar-refractivity contribution in [2.75, 3.05) is 13.1 Å². The van der Waals surface area contributed by atoms with Gasteiger partial charge < -0.3 is 10.0 Å². The van der Waals surface area contributed by atoms with E-state index in [4.69, 9.17) is 23.2 Å². The fourth-order valence-corrected chi connectivity index (χ4v) is 3.16. The van der Waals surface area contributed by atoms with Crippen LogP contribution < -0.4 is 0 Å². The highest BCUT2D eigenvalue weighted by Crippen LogP contribution is 2.36. The molecule has 2 bridgehead atoms. The number of nitrogens with zero attached hydrogens (tertiary/aromatic N) is 1. The van der Waals surface area contributed by atoms with Crippen LogP contribution in [-0.4, -0.2) is 29.2 Å². The highest BCUT2D eigenvalue weighted by atomic mass is 35.5. The molecule has 1 atom stereocenters. The molecule has 3 aliphatic heterocycles. The van der Waals surface area contributed by atoms with Crippen molar-refractivity contribution in [3.05, 3.63) is 39.5 Å². The minimum absolute atomic E-state index is 0.332. The topological polar surface area (TPSA) is 23.5 Å². The van der Waals surface area contributed by atoms with Gasteiger partial charge in [-0.3, -0.25) is 0 Å². The molecule has 3 saturated heterocycles. The number of hydrogen-bond donors (Lipinski definition) is 1. The minimum atomic E-state index is -0.332. The normalized spacial score (nSPS) is 29.1. The van der Waals surface area contributed by atoms with E-state index in [1.54, 1.807) is 6.07 Å². The lowest BCUT2D eigenvalue weighted by Crippen LogP contribution is -2.48. The number of aliphatic hydroxyl groups is 1. The first kappa shape index (κ1) is 12.3. The van der Waals surface area contributed by atoms with Crippen molar-refractivity contribution in [1.82, 2.24) is 4.90 Å². The molecule has 2 nitrogen and oxygen atoms in total. The smallest absolute Gasteiger partial charge is 0.0965 e. The molecule has 0 aromatic heterocycles. The summed E-state index contributed by atoms with van der Waals surface area (Å²) in [7, 11) is 0. The third-order valence-electron chi connectivity index (χ3n) is 3.91. The van der Waals surface area contributed by atoms with E-state index in [0.29, 0.717) is 16.0 Å². The molecule has 4 rings (SSSR count). The molecule has 1 aromatic carbocycles. The zero-order valence-electron chi connectivity index (χ0n) is 9.94. The van der Waals surface area contributed by atoms with Crippen LogP contribution in [-0.2, 0) is 0 Å². The monoisotopic (exact) mass is 283 g/mol. The van der Waals surface area contributed by atoms with Crippen LogP contribution in [0.1, 0.15) is 18.4 Å². The van der Waals surface area contributed by atoms with Crippen LogP contribution in [0.2, 0.25) is 10.0 Å². The van der Waals surface area contributed by atoms with Gasteiger partial charge in [-0.2, -0.15) is 0 Å². The van der Waals surface area contributed by atoms with Crippen LogP contribution >= 0.6 is 23.2 Å². The highest BCUT2D eigenvalue weighted by molar-refractivity contribution is 6.42. The van der Waals surface area contributed by atoms with Gasteiger partial charge in [0.15, 0.2) is 0 Å². The van der Waals surface area contributed by atoms with Gasteiger partial charge in [0.25, 0.3) is 0 Å². The molecule has 0 radical (unpaired) electrons. The lowest BCUT2D eigenvalue weighted by atomic mass is 9.83. The predicted molar refractivity (Wildman–Crippen MR) is 74.7 cm³/mol. The van der Waals surface area contributed by atoms with Gasteiger partial charge in [-0.15, -0.1) is 0 Å². The summed E-state index contributed by atoms with van der Waals surface area (Å²) in [6.07, 6.45) is 3.89. The summed E-state index contributed by atoms with van der Waals surface area (Å²) < 4.78 is 0. The number of hydrogen-bond acceptors (Lipinski definition) is 2. The predicted octanol–water partition coefficient (Wildman–Crippen LogP) is 3.42. The summed E-state index contributed by atoms with van der Waals surface area (Å²) in [5.41, 5.74) is 2.02. The second kappa shape index (κ2) is 4.76. The summed E-state index contributed by atoms with van der Waals surface area (Å²) in [5.74, 6) is 0.420. The molecule has 1 aromatic rings. The van der Waals surface area contributed by atoms with Crippen LogP contribution in [0.15, 0.2) is 23.9 Å². The minimum Gasteiger partial charge on any atom is -0.387 e. The zero-order chi connectivity index (χ0) is 12.7. The molecule has 1 N–H and O–H groups in total. The summed E-state index contributed by atoms with van der Waals surface area (Å²) in [6.45, 7) is 2.10. The van der Waals surface area contributed by atoms with E-state index in [2.05, 4.69) is 4.90 Å². The molecule has 0 spiro atoms. The SMILES string of the molecule is OC1C(=Cc2ccc(Cl)c(Cl)c2)N2CCC1CC2. The second-order valence-corrected chi connectivity index (χ2v) is 5.83. The summed E-state index contributed by atoms with van der Waals surface area (Å²) >= 11 is 11.9. The van der Waals surface area contributed by atoms with Gasteiger partial charge in [-0.25, -0.2) is 0 Å². The first-order valence-electron chi connectivity index (χ1n) is 6.25. The van der Waals surface area contributed by atoms with Crippen molar-refractivity contribution in [3.63, 3.8) is 0 Å². The van der Waals surface area contributed by atoms with Crippen LogP contribution in [0.25, 0.3) is 6.08 Å². The second-order valence-electron chi connectivity index (χ2n) is 5.01. The van der Waals surface area contributed by atoms with Gasteiger partial charge in [0.2, 0.25) is 0 Å². The Morgan fingerprint density at radius 2 is 1.89 bits per heavy atom. The molecule has 3 fully saturated rings. The number of rotatable bonds is 1. The van der Waals surface area contributed by atoms with Gasteiger partial charge in [-0.1, -0.05) is 29.3 Å². The Morgan fingerprint density at radius 3 is 2.50 bits per heavy atom. The summed E-state index contributed by atoms with van der Waals surface area (Å²) in [6, 6.07) is 5.56. The van der Waals surface area contributed by atoms with E-state index >= 15 is 0 Å². The Morgan fingerprint density at radius 1 is 1.17 bits per heavy atom. The molecule has 3 heterocycles. The van der Waals surface area contributed by atoms with E-state index in [1.807, 2.05) is 18.2 Å². The average Bonchev–Trinajstić information content (AvgIpc) is 2.38. The molecule has 3 aliphatic rings. The van der Waals surface area contributed by atoms with Gasteiger partial charge in [-0.05, 0) is 42.5 Å². The Labute approximate surface area is 117 Å². The van der Waals surface area contributed by atoms with Crippen molar-refractivity contribution in [3.8, 4) is 0 Å². The standard InChI is InChI=1S/C14H15Cl2NO/c15-11-2-1-9(7-12(11)16)8-13-14(18)10-3-5-17(13)6-4-10/h1-2,7-8,10,14,18H,3-6H2. The number of halogens is 2. The van der Waals surface area contributed by atoms with E-state index in [-0.39, 0.29) is 6.10 Å². The largest absolute Gasteiger partial charge is 0.387 e. The Balaban J connectivity index is 1.93. The molecule has 1 unspecified atom stereocenters. The van der Waals surface area contributed by atoms with Crippen molar-refractivity contribution in [1.29, 1.82) is 0 Å². The number of benzene rings is 1. The molecule has 0 aliphatic carbocycles. The van der Waals surface area contributed by atoms with Crippen LogP contribution in [0.4, 0.5) is 0 Å². The Kier molecular flexibility index (Phi) is 3.27. The van der Waals surface area contributed by atoms with Gasteiger partial charge in [0.05, 0.1) is 16.1 Å². The number of aliphatic hydroxyl groups excluding tert-OH is 1.